The number of esters is 1. The lowest BCUT2D eigenvalue weighted by atomic mass is 10.0. The minimum atomic E-state index is -0.964. The average molecular weight is 405 g/mol. The van der Waals surface area contributed by atoms with Gasteiger partial charge >= 0.3 is 5.97 Å². The molecule has 0 aliphatic carbocycles. The van der Waals surface area contributed by atoms with Crippen molar-refractivity contribution in [1.82, 2.24) is 25.2 Å². The number of pyridine rings is 1. The number of rotatable bonds is 5. The highest BCUT2D eigenvalue weighted by Crippen LogP contribution is 2.27. The van der Waals surface area contributed by atoms with Crippen LogP contribution < -0.4 is 5.32 Å². The van der Waals surface area contributed by atoms with Crippen LogP contribution in [0.3, 0.4) is 0 Å². The second-order valence-electron chi connectivity index (χ2n) is 6.75. The number of benzene rings is 1. The summed E-state index contributed by atoms with van der Waals surface area (Å²) in [4.78, 5) is 30.1. The van der Waals surface area contributed by atoms with Gasteiger partial charge in [0.25, 0.3) is 11.6 Å². The lowest BCUT2D eigenvalue weighted by Gasteiger charge is -2.17. The summed E-state index contributed by atoms with van der Waals surface area (Å²) in [6.07, 6.45) is 3.42. The molecule has 9 heteroatoms. The van der Waals surface area contributed by atoms with E-state index in [1.807, 2.05) is 6.07 Å². The molecule has 0 spiro atoms. The molecule has 0 unspecified atom stereocenters. The van der Waals surface area contributed by atoms with E-state index >= 15 is 0 Å². The molecule has 3 heterocycles. The predicted octanol–water partition coefficient (Wildman–Crippen LogP) is 2.58. The van der Waals surface area contributed by atoms with E-state index in [0.717, 1.165) is 5.56 Å². The van der Waals surface area contributed by atoms with Crippen LogP contribution in [0.4, 0.5) is 0 Å². The van der Waals surface area contributed by atoms with E-state index in [4.69, 9.17) is 9.26 Å². The minimum Gasteiger partial charge on any atom is -0.467 e. The van der Waals surface area contributed by atoms with E-state index in [2.05, 4.69) is 20.6 Å². The van der Waals surface area contributed by atoms with Crippen molar-refractivity contribution >= 4 is 23.0 Å². The highest BCUT2D eigenvalue weighted by molar-refractivity contribution is 6.08. The first-order chi connectivity index (χ1) is 14.5. The van der Waals surface area contributed by atoms with Gasteiger partial charge in [0.05, 0.1) is 35.6 Å². The Morgan fingerprint density at radius 1 is 1.23 bits per heavy atom. The number of carbonyl (C=O) groups is 2. The van der Waals surface area contributed by atoms with E-state index < -0.39 is 17.9 Å². The van der Waals surface area contributed by atoms with Gasteiger partial charge in [0, 0.05) is 18.8 Å². The van der Waals surface area contributed by atoms with E-state index in [-0.39, 0.29) is 5.71 Å². The predicted molar refractivity (Wildman–Crippen MR) is 107 cm³/mol. The smallest absolute Gasteiger partial charge is 0.333 e. The molecule has 9 nitrogen and oxygen atoms in total. The number of hydrogen-bond donors (Lipinski definition) is 1. The van der Waals surface area contributed by atoms with Crippen molar-refractivity contribution in [3.05, 3.63) is 65.6 Å². The Balaban J connectivity index is 1.78. The number of methoxy groups -OCH3 is 1. The first kappa shape index (κ1) is 19.3. The zero-order valence-electron chi connectivity index (χ0n) is 16.6. The second kappa shape index (κ2) is 7.78. The van der Waals surface area contributed by atoms with Gasteiger partial charge in [-0.1, -0.05) is 35.5 Å². The maximum absolute atomic E-state index is 13.3. The molecule has 3 aromatic heterocycles. The number of nitrogens with zero attached hydrogens (tertiary/aromatic N) is 4. The van der Waals surface area contributed by atoms with Crippen molar-refractivity contribution in [3.8, 4) is 11.3 Å². The van der Waals surface area contributed by atoms with Gasteiger partial charge in [-0.05, 0) is 18.6 Å². The number of aryl methyl sites for hydroxylation is 2. The van der Waals surface area contributed by atoms with Crippen molar-refractivity contribution in [2.24, 2.45) is 7.05 Å². The number of carbonyl (C=O) groups excluding carboxylic acids is 2. The van der Waals surface area contributed by atoms with E-state index in [1.54, 1.807) is 61.4 Å². The Morgan fingerprint density at radius 3 is 2.67 bits per heavy atom. The number of nitrogens with one attached hydrogen (secondary N) is 1. The molecular formula is C21H19N5O4. The van der Waals surface area contributed by atoms with Crippen LogP contribution in [0.15, 0.2) is 53.3 Å². The molecule has 0 saturated carbocycles. The molecule has 0 saturated heterocycles. The summed E-state index contributed by atoms with van der Waals surface area (Å²) in [7, 11) is 3.06. The molecule has 0 aliphatic rings. The third-order valence-electron chi connectivity index (χ3n) is 4.71. The molecule has 4 aromatic rings. The van der Waals surface area contributed by atoms with Crippen LogP contribution >= 0.6 is 0 Å². The summed E-state index contributed by atoms with van der Waals surface area (Å²) in [6, 6.07) is 9.56. The monoisotopic (exact) mass is 405 g/mol. The third kappa shape index (κ3) is 3.52. The minimum absolute atomic E-state index is 0.230. The summed E-state index contributed by atoms with van der Waals surface area (Å²) >= 11 is 0. The van der Waals surface area contributed by atoms with Crippen LogP contribution in [-0.2, 0) is 16.6 Å². The van der Waals surface area contributed by atoms with Gasteiger partial charge in [-0.3, -0.25) is 9.48 Å². The number of fused-ring (bicyclic) bond motifs is 1. The van der Waals surface area contributed by atoms with Gasteiger partial charge < -0.3 is 14.6 Å². The summed E-state index contributed by atoms with van der Waals surface area (Å²) in [6.45, 7) is 1.73. The SMILES string of the molecule is COC(=O)[C@@H](NC(=O)c1cc(-c2cnn(C)c2)nc2onc(C)c12)c1ccccc1. The highest BCUT2D eigenvalue weighted by Gasteiger charge is 2.27. The lowest BCUT2D eigenvalue weighted by Crippen LogP contribution is -2.34. The molecule has 152 valence electrons. The molecule has 30 heavy (non-hydrogen) atoms. The maximum Gasteiger partial charge on any atom is 0.333 e. The van der Waals surface area contributed by atoms with Crippen molar-refractivity contribution in [1.29, 1.82) is 0 Å². The van der Waals surface area contributed by atoms with E-state index in [9.17, 15) is 9.59 Å². The van der Waals surface area contributed by atoms with E-state index in [0.29, 0.717) is 27.9 Å². The molecular weight excluding hydrogens is 386 g/mol. The lowest BCUT2D eigenvalue weighted by molar-refractivity contribution is -0.143. The molecule has 1 atom stereocenters. The van der Waals surface area contributed by atoms with Gasteiger partial charge in [0.15, 0.2) is 6.04 Å². The van der Waals surface area contributed by atoms with Crippen molar-refractivity contribution < 1.29 is 18.8 Å². The Morgan fingerprint density at radius 2 is 2.00 bits per heavy atom. The van der Waals surface area contributed by atoms with Crippen molar-refractivity contribution in [2.45, 2.75) is 13.0 Å². The van der Waals surface area contributed by atoms with Gasteiger partial charge in [-0.25, -0.2) is 9.78 Å². The van der Waals surface area contributed by atoms with Crippen molar-refractivity contribution in [3.63, 3.8) is 0 Å². The number of hydrogen-bond acceptors (Lipinski definition) is 7. The third-order valence-corrected chi connectivity index (χ3v) is 4.71. The highest BCUT2D eigenvalue weighted by atomic mass is 16.5. The summed E-state index contributed by atoms with van der Waals surface area (Å²) in [5.74, 6) is -1.05. The molecule has 1 amide bonds. The molecule has 4 rings (SSSR count). The Labute approximate surface area is 171 Å². The fraction of sp³-hybridized carbons (Fsp3) is 0.190. The standard InChI is InChI=1S/C21H19N5O4/c1-12-17-15(9-16(23-20(17)30-25-12)14-10-22-26(2)11-14)19(27)24-18(21(28)29-3)13-7-5-4-6-8-13/h4-11,18H,1-3H3,(H,24,27)/t18-/m0/s1. The van der Waals surface area contributed by atoms with E-state index in [1.165, 1.54) is 7.11 Å². The van der Waals surface area contributed by atoms with Crippen LogP contribution in [-0.4, -0.2) is 38.9 Å². The maximum atomic E-state index is 13.3. The van der Waals surface area contributed by atoms with Crippen LogP contribution in [0, 0.1) is 6.92 Å². The Bertz CT molecular complexity index is 1230. The van der Waals surface area contributed by atoms with Crippen LogP contribution in [0.25, 0.3) is 22.4 Å². The first-order valence-electron chi connectivity index (χ1n) is 9.17. The van der Waals surface area contributed by atoms with Gasteiger partial charge in [-0.2, -0.15) is 5.10 Å². The van der Waals surface area contributed by atoms with Crippen LogP contribution in [0.5, 0.6) is 0 Å². The Kier molecular flexibility index (Phi) is 5.01. The molecule has 0 aliphatic heterocycles. The molecule has 0 fully saturated rings. The zero-order chi connectivity index (χ0) is 21.3. The fourth-order valence-electron chi connectivity index (χ4n) is 3.23. The number of ether oxygens (including phenoxy) is 1. The van der Waals surface area contributed by atoms with Gasteiger partial charge in [0.2, 0.25) is 0 Å². The average Bonchev–Trinajstić information content (AvgIpc) is 3.37. The fourth-order valence-corrected chi connectivity index (χ4v) is 3.23. The van der Waals surface area contributed by atoms with Crippen LogP contribution in [0.1, 0.15) is 27.7 Å². The number of amides is 1. The molecule has 0 radical (unpaired) electrons. The topological polar surface area (TPSA) is 112 Å². The van der Waals surface area contributed by atoms with Gasteiger partial charge in [0.1, 0.15) is 0 Å². The Hall–Kier alpha value is -4.01. The molecule has 1 N–H and O–H groups in total. The van der Waals surface area contributed by atoms with Crippen molar-refractivity contribution in [2.75, 3.05) is 7.11 Å². The largest absolute Gasteiger partial charge is 0.467 e. The summed E-state index contributed by atoms with van der Waals surface area (Å²) in [5.41, 5.74) is 2.88. The summed E-state index contributed by atoms with van der Waals surface area (Å²) < 4.78 is 11.8. The first-order valence-corrected chi connectivity index (χ1v) is 9.17. The normalized spacial score (nSPS) is 12.0. The van der Waals surface area contributed by atoms with Crippen LogP contribution in [0.2, 0.25) is 0 Å². The second-order valence-corrected chi connectivity index (χ2v) is 6.75. The number of aromatic nitrogens is 4. The zero-order valence-corrected chi connectivity index (χ0v) is 16.6. The quantitative estimate of drug-likeness (QED) is 0.508. The van der Waals surface area contributed by atoms with Gasteiger partial charge in [-0.15, -0.1) is 0 Å². The molecule has 0 bridgehead atoms. The molecule has 1 aromatic carbocycles. The summed E-state index contributed by atoms with van der Waals surface area (Å²) in [5, 5.41) is 11.3.